The smallest absolute Gasteiger partial charge is 0.173 e. The fourth-order valence-electron chi connectivity index (χ4n) is 3.29. The molecule has 0 spiro atoms. The summed E-state index contributed by atoms with van der Waals surface area (Å²) in [6.45, 7) is 4.06. The Morgan fingerprint density at radius 2 is 1.84 bits per heavy atom. The van der Waals surface area contributed by atoms with E-state index in [1.165, 1.54) is 21.4 Å². The zero-order valence-corrected chi connectivity index (χ0v) is 15.1. The van der Waals surface area contributed by atoms with E-state index in [4.69, 9.17) is 0 Å². The summed E-state index contributed by atoms with van der Waals surface area (Å²) >= 11 is 1.62. The second-order valence-corrected chi connectivity index (χ2v) is 7.20. The number of H-pyrrole nitrogens is 1. The molecule has 0 bridgehead atoms. The van der Waals surface area contributed by atoms with Crippen molar-refractivity contribution in [3.63, 3.8) is 0 Å². The van der Waals surface area contributed by atoms with Crippen LogP contribution in [0.2, 0.25) is 0 Å². The molecule has 2 aromatic carbocycles. The average Bonchev–Trinajstić information content (AvgIpc) is 3.25. The van der Waals surface area contributed by atoms with E-state index in [1.54, 1.807) is 11.3 Å². The monoisotopic (exact) mass is 345 g/mol. The van der Waals surface area contributed by atoms with E-state index in [0.717, 1.165) is 21.5 Å². The van der Waals surface area contributed by atoms with Gasteiger partial charge in [-0.3, -0.25) is 4.79 Å². The topological polar surface area (TPSA) is 32.9 Å². The molecule has 0 saturated carbocycles. The molecule has 25 heavy (non-hydrogen) atoms. The summed E-state index contributed by atoms with van der Waals surface area (Å²) in [6.07, 6.45) is 2.48. The van der Waals surface area contributed by atoms with Crippen molar-refractivity contribution in [3.8, 4) is 21.6 Å². The molecule has 1 N–H and O–H groups in total. The number of aromatic amines is 1. The highest BCUT2D eigenvalue weighted by atomic mass is 32.1. The number of nitrogens with one attached hydrogen (secondary N) is 1. The van der Waals surface area contributed by atoms with Crippen LogP contribution in [-0.2, 0) is 0 Å². The first-order valence-corrected chi connectivity index (χ1v) is 9.30. The van der Waals surface area contributed by atoms with Crippen LogP contribution in [0.15, 0.2) is 60.8 Å². The number of ketones is 1. The highest BCUT2D eigenvalue weighted by Gasteiger charge is 2.21. The van der Waals surface area contributed by atoms with E-state index >= 15 is 0 Å². The fourth-order valence-corrected chi connectivity index (χ4v) is 4.63. The molecule has 4 rings (SSSR count). The van der Waals surface area contributed by atoms with Crippen LogP contribution in [0.5, 0.6) is 0 Å². The Morgan fingerprint density at radius 1 is 1.04 bits per heavy atom. The van der Waals surface area contributed by atoms with Gasteiger partial charge in [-0.15, -0.1) is 11.3 Å². The minimum absolute atomic E-state index is 0.209. The molecule has 2 heterocycles. The third-order valence-corrected chi connectivity index (χ3v) is 5.98. The quantitative estimate of drug-likeness (QED) is 0.423. The third kappa shape index (κ3) is 2.71. The molecule has 2 nitrogen and oxygen atoms in total. The summed E-state index contributed by atoms with van der Waals surface area (Å²) in [6, 6.07) is 18.7. The minimum atomic E-state index is 0.209. The first kappa shape index (κ1) is 15.9. The van der Waals surface area contributed by atoms with Gasteiger partial charge in [0.2, 0.25) is 0 Å². The molecular weight excluding hydrogens is 326 g/mol. The fraction of sp³-hybridized carbons (Fsp3) is 0.136. The Kier molecular flexibility index (Phi) is 4.02. The average molecular weight is 345 g/mol. The first-order valence-electron chi connectivity index (χ1n) is 8.48. The number of hydrogen-bond acceptors (Lipinski definition) is 2. The lowest BCUT2D eigenvalue weighted by Gasteiger charge is -2.05. The van der Waals surface area contributed by atoms with Gasteiger partial charge in [0.1, 0.15) is 0 Å². The van der Waals surface area contributed by atoms with Gasteiger partial charge >= 0.3 is 0 Å². The number of Topliss-reactive ketones (excluding diaryl/α,β-unsaturated/α-hetero) is 1. The lowest BCUT2D eigenvalue weighted by molar-refractivity contribution is 0.0992. The van der Waals surface area contributed by atoms with E-state index in [2.05, 4.69) is 48.3 Å². The van der Waals surface area contributed by atoms with Gasteiger partial charge < -0.3 is 4.98 Å². The van der Waals surface area contributed by atoms with Gasteiger partial charge in [0.05, 0.1) is 4.88 Å². The molecule has 0 aliphatic heterocycles. The lowest BCUT2D eigenvalue weighted by Crippen LogP contribution is -1.95. The molecule has 3 heteroatoms. The molecule has 0 fully saturated rings. The van der Waals surface area contributed by atoms with Gasteiger partial charge in [-0.2, -0.15) is 0 Å². The molecule has 0 atom stereocenters. The summed E-state index contributed by atoms with van der Waals surface area (Å²) in [5.41, 5.74) is 5.68. The molecule has 124 valence electrons. The number of carbonyl (C=O) groups excluding carboxylic acids is 1. The van der Waals surface area contributed by atoms with Gasteiger partial charge in [0, 0.05) is 28.6 Å². The predicted octanol–water partition coefficient (Wildman–Crippen LogP) is 6.46. The Labute approximate surface area is 151 Å². The van der Waals surface area contributed by atoms with Crippen molar-refractivity contribution in [1.82, 2.24) is 4.98 Å². The molecule has 0 radical (unpaired) electrons. The third-order valence-electron chi connectivity index (χ3n) is 4.60. The van der Waals surface area contributed by atoms with Crippen LogP contribution in [0.25, 0.3) is 32.5 Å². The zero-order chi connectivity index (χ0) is 17.4. The molecule has 0 amide bonds. The SMILES string of the molecule is CCC(=O)c1sc(-c2ccc3[nH]ccc3c2)c(C)c1-c1ccccc1. The van der Waals surface area contributed by atoms with Gasteiger partial charge in [-0.1, -0.05) is 43.3 Å². The van der Waals surface area contributed by atoms with Crippen LogP contribution < -0.4 is 0 Å². The maximum Gasteiger partial charge on any atom is 0.173 e. The second-order valence-electron chi connectivity index (χ2n) is 6.18. The van der Waals surface area contributed by atoms with Gasteiger partial charge in [-0.25, -0.2) is 0 Å². The second kappa shape index (κ2) is 6.34. The molecule has 4 aromatic rings. The first-order chi connectivity index (χ1) is 12.2. The number of thiophene rings is 1. The number of hydrogen-bond donors (Lipinski definition) is 1. The molecular formula is C22H19NOS. The van der Waals surface area contributed by atoms with Gasteiger partial charge in [-0.05, 0) is 47.2 Å². The number of aromatic nitrogens is 1. The highest BCUT2D eigenvalue weighted by Crippen LogP contribution is 2.42. The van der Waals surface area contributed by atoms with Crippen LogP contribution in [0.3, 0.4) is 0 Å². The van der Waals surface area contributed by atoms with Crippen molar-refractivity contribution in [2.24, 2.45) is 0 Å². The summed E-state index contributed by atoms with van der Waals surface area (Å²) < 4.78 is 0. The highest BCUT2D eigenvalue weighted by molar-refractivity contribution is 7.18. The van der Waals surface area contributed by atoms with Crippen molar-refractivity contribution >= 4 is 28.0 Å². The maximum atomic E-state index is 12.6. The summed E-state index contributed by atoms with van der Waals surface area (Å²) in [7, 11) is 0. The summed E-state index contributed by atoms with van der Waals surface area (Å²) in [5, 5.41) is 1.19. The molecule has 0 aliphatic carbocycles. The van der Waals surface area contributed by atoms with E-state index in [1.807, 2.05) is 31.3 Å². The Bertz CT molecular complexity index is 1060. The largest absolute Gasteiger partial charge is 0.361 e. The number of rotatable bonds is 4. The molecule has 2 aromatic heterocycles. The van der Waals surface area contributed by atoms with Crippen molar-refractivity contribution in [2.45, 2.75) is 20.3 Å². The van der Waals surface area contributed by atoms with Crippen LogP contribution in [0.1, 0.15) is 28.6 Å². The standard InChI is InChI=1S/C22H19NOS/c1-3-19(24)22-20(15-7-5-4-6-8-15)14(2)21(25-22)17-9-10-18-16(13-17)11-12-23-18/h4-13,23H,3H2,1-2H3. The van der Waals surface area contributed by atoms with E-state index in [0.29, 0.717) is 6.42 Å². The Morgan fingerprint density at radius 3 is 2.60 bits per heavy atom. The van der Waals surface area contributed by atoms with Crippen LogP contribution in [-0.4, -0.2) is 10.8 Å². The van der Waals surface area contributed by atoms with Crippen LogP contribution >= 0.6 is 11.3 Å². The maximum absolute atomic E-state index is 12.6. The molecule has 0 unspecified atom stereocenters. The van der Waals surface area contributed by atoms with Crippen LogP contribution in [0, 0.1) is 6.92 Å². The lowest BCUT2D eigenvalue weighted by atomic mass is 9.97. The zero-order valence-electron chi connectivity index (χ0n) is 14.3. The molecule has 0 aliphatic rings. The van der Waals surface area contributed by atoms with E-state index in [9.17, 15) is 4.79 Å². The van der Waals surface area contributed by atoms with E-state index < -0.39 is 0 Å². The summed E-state index contributed by atoms with van der Waals surface area (Å²) in [5.74, 6) is 0.209. The van der Waals surface area contributed by atoms with Crippen molar-refractivity contribution in [2.75, 3.05) is 0 Å². The predicted molar refractivity (Wildman–Crippen MR) is 106 cm³/mol. The van der Waals surface area contributed by atoms with Crippen LogP contribution in [0.4, 0.5) is 0 Å². The Balaban J connectivity index is 1.94. The van der Waals surface area contributed by atoms with E-state index in [-0.39, 0.29) is 5.78 Å². The molecule has 0 saturated heterocycles. The van der Waals surface area contributed by atoms with Gasteiger partial charge in [0.25, 0.3) is 0 Å². The number of carbonyl (C=O) groups is 1. The van der Waals surface area contributed by atoms with Gasteiger partial charge in [0.15, 0.2) is 5.78 Å². The Hall–Kier alpha value is -2.65. The van der Waals surface area contributed by atoms with Crippen molar-refractivity contribution in [3.05, 3.63) is 71.2 Å². The number of benzene rings is 2. The van der Waals surface area contributed by atoms with Crippen molar-refractivity contribution < 1.29 is 4.79 Å². The van der Waals surface area contributed by atoms with Crippen molar-refractivity contribution in [1.29, 1.82) is 0 Å². The number of fused-ring (bicyclic) bond motifs is 1. The summed E-state index contributed by atoms with van der Waals surface area (Å²) in [4.78, 5) is 17.9. The normalized spacial score (nSPS) is 11.1. The minimum Gasteiger partial charge on any atom is -0.361 e.